The van der Waals surface area contributed by atoms with Crippen LogP contribution in [0.3, 0.4) is 0 Å². The Kier molecular flexibility index (Phi) is 2.86. The Hall–Kier alpha value is -1.70. The van der Waals surface area contributed by atoms with Crippen molar-refractivity contribution in [2.75, 3.05) is 0 Å². The van der Waals surface area contributed by atoms with Gasteiger partial charge in [0.25, 0.3) is 0 Å². The van der Waals surface area contributed by atoms with Crippen molar-refractivity contribution in [2.45, 2.75) is 33.1 Å². The van der Waals surface area contributed by atoms with Crippen molar-refractivity contribution >= 4 is 0 Å². The van der Waals surface area contributed by atoms with Crippen LogP contribution in [0.4, 0.5) is 0 Å². The molecule has 1 aromatic carbocycles. The molecule has 3 rings (SSSR count). The van der Waals surface area contributed by atoms with Gasteiger partial charge in [-0.2, -0.15) is 0 Å². The van der Waals surface area contributed by atoms with Crippen molar-refractivity contribution < 1.29 is 0 Å². The molecule has 0 amide bonds. The fraction of sp³-hybridized carbons (Fsp3) is 0.312. The highest BCUT2D eigenvalue weighted by atomic mass is 14.8. The van der Waals surface area contributed by atoms with E-state index in [1.54, 1.807) is 0 Å². The molecule has 0 aliphatic heterocycles. The number of rotatable bonds is 1. The van der Waals surface area contributed by atoms with E-state index >= 15 is 0 Å². The Morgan fingerprint density at radius 1 is 1.22 bits per heavy atom. The van der Waals surface area contributed by atoms with Crippen LogP contribution in [0, 0.1) is 20.3 Å². The molecule has 0 saturated heterocycles. The predicted molar refractivity (Wildman–Crippen MR) is 72.2 cm³/mol. The number of aromatic nitrogens is 2. The molecule has 0 saturated carbocycles. The molecular weight excluding hydrogens is 220 g/mol. The molecule has 2 aromatic rings. The fourth-order valence-electron chi connectivity index (χ4n) is 2.42. The van der Waals surface area contributed by atoms with Gasteiger partial charge in [0.05, 0.1) is 17.1 Å². The molecule has 1 heterocycles. The highest BCUT2D eigenvalue weighted by Gasteiger charge is 2.12. The van der Waals surface area contributed by atoms with Gasteiger partial charge >= 0.3 is 0 Å². The zero-order valence-corrected chi connectivity index (χ0v) is 10.8. The van der Waals surface area contributed by atoms with Crippen LogP contribution in [0.15, 0.2) is 24.4 Å². The van der Waals surface area contributed by atoms with E-state index in [2.05, 4.69) is 34.6 Å². The van der Waals surface area contributed by atoms with Crippen LogP contribution in [-0.2, 0) is 6.42 Å². The first-order valence-electron chi connectivity index (χ1n) is 6.41. The molecule has 0 fully saturated rings. The van der Waals surface area contributed by atoms with Crippen molar-refractivity contribution in [3.8, 4) is 11.3 Å². The second kappa shape index (κ2) is 4.52. The van der Waals surface area contributed by atoms with Crippen LogP contribution in [-0.4, -0.2) is 9.97 Å². The van der Waals surface area contributed by atoms with Crippen molar-refractivity contribution in [1.29, 1.82) is 0 Å². The van der Waals surface area contributed by atoms with E-state index in [-0.39, 0.29) is 0 Å². The lowest BCUT2D eigenvalue weighted by Crippen LogP contribution is -2.02. The number of benzene rings is 1. The third kappa shape index (κ3) is 2.03. The lowest BCUT2D eigenvalue weighted by atomic mass is 9.90. The summed E-state index contributed by atoms with van der Waals surface area (Å²) in [5.41, 5.74) is 6.74. The maximum atomic E-state index is 4.60. The van der Waals surface area contributed by atoms with Gasteiger partial charge in [-0.05, 0) is 50.3 Å². The number of hydrogen-bond acceptors (Lipinski definition) is 2. The van der Waals surface area contributed by atoms with Crippen molar-refractivity contribution in [2.24, 2.45) is 0 Å². The minimum Gasteiger partial charge on any atom is -0.257 e. The van der Waals surface area contributed by atoms with Gasteiger partial charge in [0, 0.05) is 18.2 Å². The molecule has 2 nitrogen and oxygen atoms in total. The fourth-order valence-corrected chi connectivity index (χ4v) is 2.42. The Labute approximate surface area is 108 Å². The Morgan fingerprint density at radius 2 is 2.11 bits per heavy atom. The number of hydrogen-bond donors (Lipinski definition) is 0. The summed E-state index contributed by atoms with van der Waals surface area (Å²) >= 11 is 0. The number of nitrogens with zero attached hydrogens (tertiary/aromatic N) is 2. The van der Waals surface area contributed by atoms with Crippen molar-refractivity contribution in [3.63, 3.8) is 0 Å². The molecule has 1 aliphatic carbocycles. The molecule has 0 bridgehead atoms. The molecule has 0 unspecified atom stereocenters. The summed E-state index contributed by atoms with van der Waals surface area (Å²) in [4.78, 5) is 8.99. The summed E-state index contributed by atoms with van der Waals surface area (Å²) in [5, 5.41) is 0. The van der Waals surface area contributed by atoms with Gasteiger partial charge in [-0.15, -0.1) is 0 Å². The average molecular weight is 236 g/mol. The molecule has 18 heavy (non-hydrogen) atoms. The van der Waals surface area contributed by atoms with Gasteiger partial charge in [-0.1, -0.05) is 12.1 Å². The molecule has 0 spiro atoms. The van der Waals surface area contributed by atoms with Gasteiger partial charge in [0.2, 0.25) is 0 Å². The highest BCUT2D eigenvalue weighted by molar-refractivity contribution is 5.64. The van der Waals surface area contributed by atoms with E-state index in [0.717, 1.165) is 29.1 Å². The van der Waals surface area contributed by atoms with E-state index < -0.39 is 0 Å². The third-order valence-electron chi connectivity index (χ3n) is 3.40. The highest BCUT2D eigenvalue weighted by Crippen LogP contribution is 2.28. The summed E-state index contributed by atoms with van der Waals surface area (Å²) in [6.45, 7) is 3.99. The second-order valence-electron chi connectivity index (χ2n) is 4.85. The summed E-state index contributed by atoms with van der Waals surface area (Å²) in [6, 6.07) is 6.56. The maximum absolute atomic E-state index is 4.60. The van der Waals surface area contributed by atoms with Crippen molar-refractivity contribution in [1.82, 2.24) is 9.97 Å². The van der Waals surface area contributed by atoms with Crippen LogP contribution >= 0.6 is 0 Å². The Balaban J connectivity index is 2.09. The standard InChI is InChI=1S/C16H16N2/c1-11-10-17-12(2)16(18-11)15-8-7-13-5-3-4-6-14(13)9-15/h7-10H,3-5H2,1-2H3. The first-order valence-corrected chi connectivity index (χ1v) is 6.41. The Morgan fingerprint density at radius 3 is 3.00 bits per heavy atom. The number of aryl methyl sites for hydroxylation is 3. The lowest BCUT2D eigenvalue weighted by Gasteiger charge is -2.16. The van der Waals surface area contributed by atoms with Gasteiger partial charge in [-0.25, -0.2) is 4.98 Å². The Bertz CT molecular complexity index is 588. The summed E-state index contributed by atoms with van der Waals surface area (Å²) < 4.78 is 0. The van der Waals surface area contributed by atoms with Crippen LogP contribution in [0.2, 0.25) is 0 Å². The van der Waals surface area contributed by atoms with Crippen LogP contribution in [0.1, 0.15) is 35.4 Å². The van der Waals surface area contributed by atoms with Gasteiger partial charge in [0.1, 0.15) is 0 Å². The molecule has 0 N–H and O–H groups in total. The largest absolute Gasteiger partial charge is 0.257 e. The minimum atomic E-state index is 0.960. The molecule has 1 aromatic heterocycles. The zero-order chi connectivity index (χ0) is 12.5. The predicted octanol–water partition coefficient (Wildman–Crippen LogP) is 3.53. The molecule has 2 heteroatoms. The molecule has 0 atom stereocenters. The van der Waals surface area contributed by atoms with E-state index in [1.807, 2.05) is 20.0 Å². The first kappa shape index (κ1) is 11.4. The topological polar surface area (TPSA) is 25.8 Å². The minimum absolute atomic E-state index is 0.960. The third-order valence-corrected chi connectivity index (χ3v) is 3.40. The van der Waals surface area contributed by atoms with Gasteiger partial charge in [-0.3, -0.25) is 4.98 Å². The quantitative estimate of drug-likeness (QED) is 0.757. The van der Waals surface area contributed by atoms with E-state index in [1.165, 1.54) is 24.0 Å². The molecular formula is C16H16N2. The SMILES string of the molecule is Cc1cnc(C)c(-c2ccc3c(c2)[C]CCC3)n1. The summed E-state index contributed by atoms with van der Waals surface area (Å²) in [5.74, 6) is 0. The lowest BCUT2D eigenvalue weighted by molar-refractivity contribution is 0.775. The molecule has 2 radical (unpaired) electrons. The first-order chi connectivity index (χ1) is 8.74. The summed E-state index contributed by atoms with van der Waals surface area (Å²) in [6.07, 6.45) is 8.72. The molecule has 90 valence electrons. The van der Waals surface area contributed by atoms with Crippen molar-refractivity contribution in [3.05, 3.63) is 53.3 Å². The van der Waals surface area contributed by atoms with Crippen LogP contribution in [0.5, 0.6) is 0 Å². The van der Waals surface area contributed by atoms with Gasteiger partial charge in [0.15, 0.2) is 0 Å². The van der Waals surface area contributed by atoms with E-state index in [9.17, 15) is 0 Å². The van der Waals surface area contributed by atoms with E-state index in [4.69, 9.17) is 0 Å². The average Bonchev–Trinajstić information content (AvgIpc) is 2.41. The zero-order valence-electron chi connectivity index (χ0n) is 10.8. The van der Waals surface area contributed by atoms with Crippen LogP contribution < -0.4 is 0 Å². The maximum Gasteiger partial charge on any atom is 0.0917 e. The van der Waals surface area contributed by atoms with E-state index in [0.29, 0.717) is 0 Å². The monoisotopic (exact) mass is 236 g/mol. The molecule has 1 aliphatic rings. The van der Waals surface area contributed by atoms with Crippen LogP contribution in [0.25, 0.3) is 11.3 Å². The van der Waals surface area contributed by atoms with Gasteiger partial charge < -0.3 is 0 Å². The normalized spacial score (nSPS) is 14.3. The summed E-state index contributed by atoms with van der Waals surface area (Å²) in [7, 11) is 0. The number of fused-ring (bicyclic) bond motifs is 1. The second-order valence-corrected chi connectivity index (χ2v) is 4.85. The smallest absolute Gasteiger partial charge is 0.0917 e.